The third-order valence-corrected chi connectivity index (χ3v) is 6.92. The average Bonchev–Trinajstić information content (AvgIpc) is 2.68. The minimum atomic E-state index is -3.44. The zero-order valence-corrected chi connectivity index (χ0v) is 17.5. The molecule has 9 heteroatoms. The molecular weight excluding hydrogens is 421 g/mol. The standard InChI is InChI=1S/C19H21Cl2N3O3S/c20-16-6-4-15(5-7-16)19(25)22-8-13-28(26,27)24-11-9-23(10-12-24)18-3-1-2-17(21)14-18/h1-7,14H,8-13H2,(H,22,25). The molecule has 1 heterocycles. The second-order valence-electron chi connectivity index (χ2n) is 6.44. The highest BCUT2D eigenvalue weighted by molar-refractivity contribution is 7.89. The van der Waals surface area contributed by atoms with Gasteiger partial charge in [-0.2, -0.15) is 4.31 Å². The monoisotopic (exact) mass is 441 g/mol. The van der Waals surface area contributed by atoms with E-state index in [2.05, 4.69) is 10.2 Å². The summed E-state index contributed by atoms with van der Waals surface area (Å²) in [5, 5.41) is 3.84. The van der Waals surface area contributed by atoms with Crippen LogP contribution in [-0.2, 0) is 10.0 Å². The molecule has 150 valence electrons. The van der Waals surface area contributed by atoms with E-state index in [1.54, 1.807) is 24.3 Å². The average molecular weight is 442 g/mol. The summed E-state index contributed by atoms with van der Waals surface area (Å²) in [6.07, 6.45) is 0. The van der Waals surface area contributed by atoms with E-state index in [4.69, 9.17) is 23.2 Å². The molecule has 1 aliphatic rings. The van der Waals surface area contributed by atoms with E-state index < -0.39 is 10.0 Å². The number of halogens is 2. The van der Waals surface area contributed by atoms with Crippen LogP contribution in [0.2, 0.25) is 10.0 Å². The lowest BCUT2D eigenvalue weighted by molar-refractivity contribution is 0.0956. The van der Waals surface area contributed by atoms with Crippen molar-refractivity contribution in [2.24, 2.45) is 0 Å². The summed E-state index contributed by atoms with van der Waals surface area (Å²) in [5.74, 6) is -0.457. The Morgan fingerprint density at radius 3 is 2.29 bits per heavy atom. The van der Waals surface area contributed by atoms with Gasteiger partial charge in [0.25, 0.3) is 5.91 Å². The van der Waals surface area contributed by atoms with Crippen molar-refractivity contribution in [3.63, 3.8) is 0 Å². The maximum absolute atomic E-state index is 12.6. The predicted molar refractivity (Wildman–Crippen MR) is 113 cm³/mol. The zero-order valence-electron chi connectivity index (χ0n) is 15.1. The van der Waals surface area contributed by atoms with Gasteiger partial charge in [0.15, 0.2) is 0 Å². The van der Waals surface area contributed by atoms with Crippen LogP contribution in [0.25, 0.3) is 0 Å². The van der Waals surface area contributed by atoms with Crippen molar-refractivity contribution in [2.75, 3.05) is 43.4 Å². The Kier molecular flexibility index (Phi) is 6.82. The molecule has 1 aliphatic heterocycles. The van der Waals surface area contributed by atoms with Crippen molar-refractivity contribution in [1.82, 2.24) is 9.62 Å². The summed E-state index contributed by atoms with van der Waals surface area (Å²) >= 11 is 11.8. The van der Waals surface area contributed by atoms with Gasteiger partial charge in [0.1, 0.15) is 0 Å². The molecular formula is C19H21Cl2N3O3S. The number of benzene rings is 2. The molecule has 0 radical (unpaired) electrons. The van der Waals surface area contributed by atoms with E-state index in [0.29, 0.717) is 41.8 Å². The molecule has 1 saturated heterocycles. The van der Waals surface area contributed by atoms with E-state index >= 15 is 0 Å². The molecule has 0 unspecified atom stereocenters. The fourth-order valence-corrected chi connectivity index (χ4v) is 4.67. The lowest BCUT2D eigenvalue weighted by Crippen LogP contribution is -2.50. The van der Waals surface area contributed by atoms with E-state index in [1.165, 1.54) is 4.31 Å². The van der Waals surface area contributed by atoms with Gasteiger partial charge in [0.2, 0.25) is 10.0 Å². The quantitative estimate of drug-likeness (QED) is 0.747. The molecule has 0 spiro atoms. The molecule has 0 aromatic heterocycles. The van der Waals surface area contributed by atoms with Crippen LogP contribution in [0, 0.1) is 0 Å². The van der Waals surface area contributed by atoms with Gasteiger partial charge in [-0.05, 0) is 42.5 Å². The fraction of sp³-hybridized carbons (Fsp3) is 0.316. The summed E-state index contributed by atoms with van der Waals surface area (Å²) in [6.45, 7) is 2.05. The van der Waals surface area contributed by atoms with Crippen LogP contribution >= 0.6 is 23.2 Å². The van der Waals surface area contributed by atoms with E-state index in [9.17, 15) is 13.2 Å². The SMILES string of the molecule is O=C(NCCS(=O)(=O)N1CCN(c2cccc(Cl)c2)CC1)c1ccc(Cl)cc1. The summed E-state index contributed by atoms with van der Waals surface area (Å²) in [7, 11) is -3.44. The van der Waals surface area contributed by atoms with Crippen LogP contribution in [0.5, 0.6) is 0 Å². The molecule has 28 heavy (non-hydrogen) atoms. The number of rotatable bonds is 6. The number of piperazine rings is 1. The Bertz CT molecular complexity index is 928. The number of sulfonamides is 1. The Morgan fingerprint density at radius 1 is 0.964 bits per heavy atom. The van der Waals surface area contributed by atoms with Crippen LogP contribution in [0.4, 0.5) is 5.69 Å². The minimum Gasteiger partial charge on any atom is -0.369 e. The molecule has 0 atom stereocenters. The van der Waals surface area contributed by atoms with Crippen molar-refractivity contribution < 1.29 is 13.2 Å². The first kappa shape index (κ1) is 20.9. The number of nitrogens with zero attached hydrogens (tertiary/aromatic N) is 2. The van der Waals surface area contributed by atoms with Gasteiger partial charge in [-0.1, -0.05) is 29.3 Å². The number of anilines is 1. The molecule has 0 aliphatic carbocycles. The molecule has 2 aromatic rings. The topological polar surface area (TPSA) is 69.7 Å². The second-order valence-corrected chi connectivity index (χ2v) is 9.41. The summed E-state index contributed by atoms with van der Waals surface area (Å²) in [5.41, 5.74) is 1.43. The number of hydrogen-bond donors (Lipinski definition) is 1. The van der Waals surface area contributed by atoms with Gasteiger partial charge in [0.05, 0.1) is 5.75 Å². The molecule has 3 rings (SSSR count). The number of carbonyl (C=O) groups excluding carboxylic acids is 1. The second kappa shape index (κ2) is 9.13. The first-order valence-corrected chi connectivity index (χ1v) is 11.2. The minimum absolute atomic E-state index is 0.0539. The van der Waals surface area contributed by atoms with Gasteiger partial charge in [-0.3, -0.25) is 4.79 Å². The largest absolute Gasteiger partial charge is 0.369 e. The Balaban J connectivity index is 1.49. The van der Waals surface area contributed by atoms with Crippen molar-refractivity contribution in [2.45, 2.75) is 0 Å². The van der Waals surface area contributed by atoms with Gasteiger partial charge in [-0.25, -0.2) is 8.42 Å². The van der Waals surface area contributed by atoms with E-state index in [0.717, 1.165) is 5.69 Å². The molecule has 0 saturated carbocycles. The first-order valence-electron chi connectivity index (χ1n) is 8.87. The number of amides is 1. The Labute approximate surface area is 175 Å². The van der Waals surface area contributed by atoms with Crippen LogP contribution in [0.3, 0.4) is 0 Å². The van der Waals surface area contributed by atoms with E-state index in [-0.39, 0.29) is 18.2 Å². The maximum Gasteiger partial charge on any atom is 0.251 e. The van der Waals surface area contributed by atoms with Gasteiger partial charge in [-0.15, -0.1) is 0 Å². The van der Waals surface area contributed by atoms with Gasteiger partial charge >= 0.3 is 0 Å². The van der Waals surface area contributed by atoms with Gasteiger partial charge < -0.3 is 10.2 Å². The molecule has 0 bridgehead atoms. The van der Waals surface area contributed by atoms with Crippen molar-refractivity contribution in [3.05, 3.63) is 64.1 Å². The summed E-state index contributed by atoms with van der Waals surface area (Å²) in [6, 6.07) is 14.0. The number of carbonyl (C=O) groups is 1. The van der Waals surface area contributed by atoms with Crippen molar-refractivity contribution in [1.29, 1.82) is 0 Å². The van der Waals surface area contributed by atoms with Crippen LogP contribution in [-0.4, -0.2) is 57.1 Å². The highest BCUT2D eigenvalue weighted by atomic mass is 35.5. The molecule has 1 N–H and O–H groups in total. The highest BCUT2D eigenvalue weighted by Gasteiger charge is 2.27. The zero-order chi connectivity index (χ0) is 20.1. The Hall–Kier alpha value is -1.80. The number of hydrogen-bond acceptors (Lipinski definition) is 4. The normalized spacial score (nSPS) is 15.4. The lowest BCUT2D eigenvalue weighted by atomic mass is 10.2. The van der Waals surface area contributed by atoms with Crippen LogP contribution < -0.4 is 10.2 Å². The summed E-state index contributed by atoms with van der Waals surface area (Å²) < 4.78 is 26.6. The van der Waals surface area contributed by atoms with Gasteiger partial charge in [0, 0.05) is 54.0 Å². The molecule has 1 fully saturated rings. The third kappa shape index (κ3) is 5.38. The fourth-order valence-electron chi connectivity index (χ4n) is 3.02. The maximum atomic E-state index is 12.6. The van der Waals surface area contributed by atoms with Crippen molar-refractivity contribution in [3.8, 4) is 0 Å². The third-order valence-electron chi connectivity index (χ3n) is 4.56. The van der Waals surface area contributed by atoms with Crippen LogP contribution in [0.15, 0.2) is 48.5 Å². The molecule has 2 aromatic carbocycles. The van der Waals surface area contributed by atoms with Crippen LogP contribution in [0.1, 0.15) is 10.4 Å². The lowest BCUT2D eigenvalue weighted by Gasteiger charge is -2.35. The molecule has 6 nitrogen and oxygen atoms in total. The highest BCUT2D eigenvalue weighted by Crippen LogP contribution is 2.21. The smallest absolute Gasteiger partial charge is 0.251 e. The summed E-state index contributed by atoms with van der Waals surface area (Å²) in [4.78, 5) is 14.2. The number of nitrogens with one attached hydrogen (secondary N) is 1. The predicted octanol–water partition coefficient (Wildman–Crippen LogP) is 2.88. The molecule has 1 amide bonds. The Morgan fingerprint density at radius 2 is 1.64 bits per heavy atom. The first-order chi connectivity index (χ1) is 13.3. The van der Waals surface area contributed by atoms with Crippen molar-refractivity contribution >= 4 is 44.8 Å². The van der Waals surface area contributed by atoms with E-state index in [1.807, 2.05) is 24.3 Å².